The zero-order chi connectivity index (χ0) is 17.8. The quantitative estimate of drug-likeness (QED) is 0.709. The van der Waals surface area contributed by atoms with E-state index in [1.807, 2.05) is 41.9 Å². The first-order valence-electron chi connectivity index (χ1n) is 7.69. The van der Waals surface area contributed by atoms with E-state index in [-0.39, 0.29) is 17.5 Å². The largest absolute Gasteiger partial charge is 0.325 e. The number of carbonyl (C=O) groups excluding carboxylic acids is 1. The molecule has 0 aliphatic heterocycles. The van der Waals surface area contributed by atoms with Gasteiger partial charge in [0.15, 0.2) is 11.0 Å². The number of rotatable bonds is 5. The molecule has 0 spiro atoms. The number of nitrogens with one attached hydrogen (secondary N) is 1. The summed E-state index contributed by atoms with van der Waals surface area (Å²) in [7, 11) is 1.86. The van der Waals surface area contributed by atoms with Crippen LogP contribution < -0.4 is 5.32 Å². The number of hydrogen-bond acceptors (Lipinski definition) is 4. The molecule has 0 saturated heterocycles. The Kier molecular flexibility index (Phi) is 5.14. The number of thioether (sulfide) groups is 1. The Morgan fingerprint density at radius 2 is 1.92 bits per heavy atom. The molecule has 0 aliphatic carbocycles. The number of halogens is 1. The number of nitrogens with zero attached hydrogens (tertiary/aromatic N) is 3. The number of benzene rings is 2. The van der Waals surface area contributed by atoms with Crippen LogP contribution in [0.3, 0.4) is 0 Å². The van der Waals surface area contributed by atoms with E-state index in [1.54, 1.807) is 19.1 Å². The van der Waals surface area contributed by atoms with E-state index in [4.69, 9.17) is 0 Å². The van der Waals surface area contributed by atoms with E-state index in [0.29, 0.717) is 16.4 Å². The number of amides is 1. The van der Waals surface area contributed by atoms with E-state index >= 15 is 0 Å². The van der Waals surface area contributed by atoms with Crippen molar-refractivity contribution in [1.29, 1.82) is 0 Å². The highest BCUT2D eigenvalue weighted by Gasteiger charge is 2.13. The Morgan fingerprint density at radius 3 is 2.68 bits per heavy atom. The van der Waals surface area contributed by atoms with Crippen LogP contribution >= 0.6 is 11.8 Å². The molecule has 128 valence electrons. The lowest BCUT2D eigenvalue weighted by molar-refractivity contribution is -0.113. The summed E-state index contributed by atoms with van der Waals surface area (Å²) in [5.41, 5.74) is 1.86. The van der Waals surface area contributed by atoms with Gasteiger partial charge in [0.2, 0.25) is 5.91 Å². The van der Waals surface area contributed by atoms with Crippen molar-refractivity contribution in [2.45, 2.75) is 12.1 Å². The Labute approximate surface area is 149 Å². The van der Waals surface area contributed by atoms with Crippen molar-refractivity contribution in [1.82, 2.24) is 14.8 Å². The van der Waals surface area contributed by atoms with Crippen molar-refractivity contribution in [2.75, 3.05) is 11.1 Å². The fourth-order valence-electron chi connectivity index (χ4n) is 2.34. The zero-order valence-corrected chi connectivity index (χ0v) is 14.7. The Balaban J connectivity index is 1.65. The van der Waals surface area contributed by atoms with Gasteiger partial charge in [0.05, 0.1) is 5.75 Å². The van der Waals surface area contributed by atoms with Crippen LogP contribution in [0.1, 0.15) is 5.56 Å². The third kappa shape index (κ3) is 3.88. The number of carbonyl (C=O) groups is 1. The van der Waals surface area contributed by atoms with Crippen molar-refractivity contribution in [3.05, 3.63) is 59.9 Å². The Bertz CT molecular complexity index is 895. The molecule has 5 nitrogen and oxygen atoms in total. The maximum absolute atomic E-state index is 13.5. The molecule has 0 unspecified atom stereocenters. The molecule has 0 saturated carbocycles. The molecule has 1 amide bonds. The molecule has 0 bridgehead atoms. The van der Waals surface area contributed by atoms with Crippen LogP contribution in [0.15, 0.2) is 53.7 Å². The van der Waals surface area contributed by atoms with Crippen LogP contribution in [0, 0.1) is 12.7 Å². The lowest BCUT2D eigenvalue weighted by Crippen LogP contribution is -2.15. The predicted octanol–water partition coefficient (Wildman–Crippen LogP) is 3.66. The van der Waals surface area contributed by atoms with Crippen molar-refractivity contribution >= 4 is 23.4 Å². The van der Waals surface area contributed by atoms with Gasteiger partial charge in [-0.1, -0.05) is 48.2 Å². The van der Waals surface area contributed by atoms with Gasteiger partial charge in [-0.15, -0.1) is 10.2 Å². The van der Waals surface area contributed by atoms with Gasteiger partial charge in [-0.25, -0.2) is 4.39 Å². The number of aromatic nitrogens is 3. The summed E-state index contributed by atoms with van der Waals surface area (Å²) in [6.45, 7) is 1.63. The summed E-state index contributed by atoms with van der Waals surface area (Å²) >= 11 is 1.28. The zero-order valence-electron chi connectivity index (χ0n) is 13.9. The van der Waals surface area contributed by atoms with E-state index in [1.165, 1.54) is 17.8 Å². The van der Waals surface area contributed by atoms with E-state index in [2.05, 4.69) is 15.5 Å². The van der Waals surface area contributed by atoms with Crippen LogP contribution in [-0.2, 0) is 11.8 Å². The van der Waals surface area contributed by atoms with Gasteiger partial charge in [-0.05, 0) is 19.1 Å². The van der Waals surface area contributed by atoms with Gasteiger partial charge in [0, 0.05) is 23.9 Å². The lowest BCUT2D eigenvalue weighted by atomic mass is 10.2. The summed E-state index contributed by atoms with van der Waals surface area (Å²) in [5, 5.41) is 11.7. The van der Waals surface area contributed by atoms with E-state index in [0.717, 1.165) is 11.4 Å². The highest BCUT2D eigenvalue weighted by atomic mass is 32.2. The summed E-state index contributed by atoms with van der Waals surface area (Å²) in [6, 6.07) is 14.3. The Hall–Kier alpha value is -2.67. The molecule has 0 radical (unpaired) electrons. The van der Waals surface area contributed by atoms with Gasteiger partial charge in [0.25, 0.3) is 0 Å². The fourth-order valence-corrected chi connectivity index (χ4v) is 3.05. The maximum atomic E-state index is 13.5. The summed E-state index contributed by atoms with van der Waals surface area (Å²) in [6.07, 6.45) is 0. The molecule has 3 rings (SSSR count). The van der Waals surface area contributed by atoms with Crippen molar-refractivity contribution < 1.29 is 9.18 Å². The minimum atomic E-state index is -0.341. The highest BCUT2D eigenvalue weighted by Crippen LogP contribution is 2.23. The maximum Gasteiger partial charge on any atom is 0.234 e. The minimum Gasteiger partial charge on any atom is -0.325 e. The second kappa shape index (κ2) is 7.48. The molecule has 2 aromatic carbocycles. The van der Waals surface area contributed by atoms with Crippen LogP contribution in [-0.4, -0.2) is 26.4 Å². The molecule has 1 heterocycles. The van der Waals surface area contributed by atoms with Gasteiger partial charge in [-0.3, -0.25) is 4.79 Å². The number of hydrogen-bond donors (Lipinski definition) is 1. The van der Waals surface area contributed by atoms with E-state index < -0.39 is 0 Å². The third-order valence-electron chi connectivity index (χ3n) is 3.74. The molecule has 1 aromatic heterocycles. The molecular formula is C18H17FN4OS. The van der Waals surface area contributed by atoms with Crippen molar-refractivity contribution in [3.8, 4) is 11.4 Å². The minimum absolute atomic E-state index is 0.163. The Morgan fingerprint density at radius 1 is 1.16 bits per heavy atom. The molecular weight excluding hydrogens is 339 g/mol. The molecule has 25 heavy (non-hydrogen) atoms. The van der Waals surface area contributed by atoms with Crippen molar-refractivity contribution in [3.63, 3.8) is 0 Å². The van der Waals surface area contributed by atoms with Gasteiger partial charge < -0.3 is 9.88 Å². The van der Waals surface area contributed by atoms with Crippen LogP contribution in [0.25, 0.3) is 11.4 Å². The summed E-state index contributed by atoms with van der Waals surface area (Å²) in [4.78, 5) is 12.1. The summed E-state index contributed by atoms with van der Waals surface area (Å²) < 4.78 is 15.4. The fraction of sp³-hybridized carbons (Fsp3) is 0.167. The van der Waals surface area contributed by atoms with Crippen molar-refractivity contribution in [2.24, 2.45) is 7.05 Å². The molecule has 1 N–H and O–H groups in total. The van der Waals surface area contributed by atoms with Crippen LogP contribution in [0.4, 0.5) is 10.1 Å². The second-order valence-corrected chi connectivity index (χ2v) is 6.42. The topological polar surface area (TPSA) is 59.8 Å². The molecule has 7 heteroatoms. The van der Waals surface area contributed by atoms with Gasteiger partial charge in [-0.2, -0.15) is 0 Å². The molecule has 0 atom stereocenters. The molecule has 0 aliphatic rings. The average Bonchev–Trinajstić information content (AvgIpc) is 2.99. The first-order chi connectivity index (χ1) is 12.1. The second-order valence-electron chi connectivity index (χ2n) is 5.48. The smallest absolute Gasteiger partial charge is 0.234 e. The van der Waals surface area contributed by atoms with Crippen LogP contribution in [0.5, 0.6) is 0 Å². The predicted molar refractivity (Wildman–Crippen MR) is 96.9 cm³/mol. The van der Waals surface area contributed by atoms with E-state index in [9.17, 15) is 9.18 Å². The van der Waals surface area contributed by atoms with Crippen LogP contribution in [0.2, 0.25) is 0 Å². The summed E-state index contributed by atoms with van der Waals surface area (Å²) in [5.74, 6) is 0.343. The monoisotopic (exact) mass is 356 g/mol. The molecule has 0 fully saturated rings. The van der Waals surface area contributed by atoms with Gasteiger partial charge >= 0.3 is 0 Å². The normalized spacial score (nSPS) is 10.7. The van der Waals surface area contributed by atoms with Gasteiger partial charge in [0.1, 0.15) is 5.82 Å². The lowest BCUT2D eigenvalue weighted by Gasteiger charge is -2.08. The highest BCUT2D eigenvalue weighted by molar-refractivity contribution is 7.99. The first-order valence-corrected chi connectivity index (χ1v) is 8.67. The first kappa shape index (κ1) is 17.2. The SMILES string of the molecule is Cc1c(F)cccc1NC(=O)CSc1nnc(-c2ccccc2)n1C. The number of anilines is 1. The standard InChI is InChI=1S/C18H17FN4OS/c1-12-14(19)9-6-10-15(12)20-16(24)11-25-18-22-21-17(23(18)2)13-7-4-3-5-8-13/h3-10H,11H2,1-2H3,(H,20,24). The average molecular weight is 356 g/mol. The third-order valence-corrected chi connectivity index (χ3v) is 4.76. The molecule has 3 aromatic rings.